The molecule has 1 N–H and O–H groups in total. The molecule has 0 unspecified atom stereocenters. The standard InChI is InChI=1S/C20H21N3O4/c24-18-12-15(27-22-18)7-9-20(25)23-11-10-17-16(13-23)21-19(26-17)8-6-14-4-2-1-3-5-14/h1-5,12H,6-11,13H2,(H,22,24). The fraction of sp³-hybridized carbons (Fsp3) is 0.350. The zero-order valence-electron chi connectivity index (χ0n) is 14.9. The summed E-state index contributed by atoms with van der Waals surface area (Å²) in [7, 11) is 0. The van der Waals surface area contributed by atoms with E-state index in [2.05, 4.69) is 22.3 Å². The molecule has 27 heavy (non-hydrogen) atoms. The molecule has 0 saturated heterocycles. The Morgan fingerprint density at radius 3 is 2.81 bits per heavy atom. The Kier molecular flexibility index (Phi) is 4.91. The van der Waals surface area contributed by atoms with E-state index in [9.17, 15) is 9.59 Å². The third kappa shape index (κ3) is 4.19. The number of oxazole rings is 1. The van der Waals surface area contributed by atoms with Crippen molar-refractivity contribution in [1.29, 1.82) is 0 Å². The van der Waals surface area contributed by atoms with Gasteiger partial charge in [-0.15, -0.1) is 0 Å². The van der Waals surface area contributed by atoms with Crippen LogP contribution in [0.5, 0.6) is 0 Å². The summed E-state index contributed by atoms with van der Waals surface area (Å²) in [5, 5.41) is 2.23. The molecule has 7 heteroatoms. The number of fused-ring (bicyclic) bond motifs is 1. The molecule has 3 heterocycles. The summed E-state index contributed by atoms with van der Waals surface area (Å²) in [4.78, 5) is 29.9. The first kappa shape index (κ1) is 17.3. The van der Waals surface area contributed by atoms with E-state index in [1.165, 1.54) is 11.6 Å². The molecule has 2 aromatic heterocycles. The van der Waals surface area contributed by atoms with E-state index in [0.717, 1.165) is 30.2 Å². The molecule has 0 spiro atoms. The number of hydrogen-bond acceptors (Lipinski definition) is 5. The lowest BCUT2D eigenvalue weighted by molar-refractivity contribution is -0.132. The molecule has 1 aliphatic heterocycles. The number of nitrogens with zero attached hydrogens (tertiary/aromatic N) is 2. The van der Waals surface area contributed by atoms with Gasteiger partial charge in [-0.1, -0.05) is 30.3 Å². The van der Waals surface area contributed by atoms with E-state index in [0.29, 0.717) is 38.1 Å². The van der Waals surface area contributed by atoms with Gasteiger partial charge < -0.3 is 13.8 Å². The number of carbonyl (C=O) groups excluding carboxylic acids is 1. The maximum atomic E-state index is 12.4. The summed E-state index contributed by atoms with van der Waals surface area (Å²) in [5.74, 6) is 2.14. The Morgan fingerprint density at radius 1 is 1.19 bits per heavy atom. The lowest BCUT2D eigenvalue weighted by atomic mass is 10.1. The Morgan fingerprint density at radius 2 is 2.04 bits per heavy atom. The van der Waals surface area contributed by atoms with E-state index in [4.69, 9.17) is 8.94 Å². The molecule has 7 nitrogen and oxygen atoms in total. The highest BCUT2D eigenvalue weighted by Crippen LogP contribution is 2.21. The van der Waals surface area contributed by atoms with Crippen LogP contribution in [0, 0.1) is 0 Å². The minimum absolute atomic E-state index is 0.0262. The second-order valence-corrected chi connectivity index (χ2v) is 6.71. The van der Waals surface area contributed by atoms with Gasteiger partial charge in [0.15, 0.2) is 5.89 Å². The first-order valence-electron chi connectivity index (χ1n) is 9.14. The summed E-state index contributed by atoms with van der Waals surface area (Å²) in [6, 6.07) is 11.6. The van der Waals surface area contributed by atoms with Crippen LogP contribution in [0.25, 0.3) is 0 Å². The molecule has 4 rings (SSSR count). The van der Waals surface area contributed by atoms with Gasteiger partial charge in [0.2, 0.25) is 5.91 Å². The average Bonchev–Trinajstić information content (AvgIpc) is 3.30. The number of aromatic nitrogens is 2. The van der Waals surface area contributed by atoms with Crippen molar-refractivity contribution in [1.82, 2.24) is 15.0 Å². The number of amides is 1. The van der Waals surface area contributed by atoms with Crippen LogP contribution in [0.2, 0.25) is 0 Å². The first-order chi connectivity index (χ1) is 13.2. The lowest BCUT2D eigenvalue weighted by Crippen LogP contribution is -2.35. The number of H-pyrrole nitrogens is 1. The number of rotatable bonds is 6. The fourth-order valence-electron chi connectivity index (χ4n) is 3.30. The van der Waals surface area contributed by atoms with Crippen LogP contribution in [-0.4, -0.2) is 27.5 Å². The van der Waals surface area contributed by atoms with Crippen molar-refractivity contribution in [3.63, 3.8) is 0 Å². The van der Waals surface area contributed by atoms with Crippen LogP contribution in [0.3, 0.4) is 0 Å². The van der Waals surface area contributed by atoms with Gasteiger partial charge >= 0.3 is 0 Å². The second kappa shape index (κ2) is 7.65. The van der Waals surface area contributed by atoms with Gasteiger partial charge in [-0.05, 0) is 12.0 Å². The molecule has 0 radical (unpaired) electrons. The summed E-state index contributed by atoms with van der Waals surface area (Å²) < 4.78 is 10.9. The van der Waals surface area contributed by atoms with Crippen molar-refractivity contribution in [2.24, 2.45) is 0 Å². The molecule has 0 saturated carbocycles. The van der Waals surface area contributed by atoms with E-state index >= 15 is 0 Å². The van der Waals surface area contributed by atoms with Gasteiger partial charge in [-0.2, -0.15) is 5.16 Å². The van der Waals surface area contributed by atoms with Gasteiger partial charge in [-0.3, -0.25) is 9.59 Å². The summed E-state index contributed by atoms with van der Waals surface area (Å²) >= 11 is 0. The predicted octanol–water partition coefficient (Wildman–Crippen LogP) is 2.26. The van der Waals surface area contributed by atoms with Gasteiger partial charge in [-0.25, -0.2) is 4.98 Å². The molecular formula is C20H21N3O4. The Labute approximate surface area is 156 Å². The van der Waals surface area contributed by atoms with Crippen LogP contribution in [-0.2, 0) is 37.0 Å². The normalized spacial score (nSPS) is 13.6. The zero-order valence-corrected chi connectivity index (χ0v) is 14.9. The van der Waals surface area contributed by atoms with Gasteiger partial charge in [0.25, 0.3) is 5.56 Å². The van der Waals surface area contributed by atoms with Crippen LogP contribution >= 0.6 is 0 Å². The van der Waals surface area contributed by atoms with E-state index in [-0.39, 0.29) is 11.5 Å². The molecule has 0 atom stereocenters. The van der Waals surface area contributed by atoms with Gasteiger partial charge in [0.05, 0.1) is 6.54 Å². The summed E-state index contributed by atoms with van der Waals surface area (Å²) in [5.41, 5.74) is 1.82. The molecule has 1 aromatic carbocycles. The predicted molar refractivity (Wildman–Crippen MR) is 97.1 cm³/mol. The highest BCUT2D eigenvalue weighted by Gasteiger charge is 2.25. The highest BCUT2D eigenvalue weighted by atomic mass is 16.5. The monoisotopic (exact) mass is 367 g/mol. The number of benzene rings is 1. The number of nitrogens with one attached hydrogen (secondary N) is 1. The maximum Gasteiger partial charge on any atom is 0.280 e. The van der Waals surface area contributed by atoms with E-state index in [1.54, 1.807) is 4.90 Å². The fourth-order valence-corrected chi connectivity index (χ4v) is 3.30. The van der Waals surface area contributed by atoms with Gasteiger partial charge in [0.1, 0.15) is 17.2 Å². The SMILES string of the molecule is O=C(CCc1cc(=O)[nH]o1)N1CCc2oc(CCc3ccccc3)nc2C1. The van der Waals surface area contributed by atoms with Crippen LogP contribution in [0.1, 0.15) is 35.1 Å². The second-order valence-electron chi connectivity index (χ2n) is 6.71. The topological polar surface area (TPSA) is 92.3 Å². The molecule has 1 amide bonds. The minimum atomic E-state index is -0.286. The molecule has 0 aliphatic carbocycles. The van der Waals surface area contributed by atoms with Crippen LogP contribution in [0.15, 0.2) is 50.1 Å². The Balaban J connectivity index is 1.33. The van der Waals surface area contributed by atoms with Crippen LogP contribution < -0.4 is 5.56 Å². The number of hydrogen-bond donors (Lipinski definition) is 1. The van der Waals surface area contributed by atoms with Crippen molar-refractivity contribution >= 4 is 5.91 Å². The van der Waals surface area contributed by atoms with Gasteiger partial charge in [0, 0.05) is 38.3 Å². The zero-order chi connectivity index (χ0) is 18.6. The van der Waals surface area contributed by atoms with Crippen molar-refractivity contribution in [2.45, 2.75) is 38.6 Å². The quantitative estimate of drug-likeness (QED) is 0.721. The Bertz CT molecular complexity index is 971. The van der Waals surface area contributed by atoms with Crippen LogP contribution in [0.4, 0.5) is 0 Å². The van der Waals surface area contributed by atoms with Crippen molar-refractivity contribution < 1.29 is 13.7 Å². The Hall–Kier alpha value is -3.09. The smallest absolute Gasteiger partial charge is 0.280 e. The summed E-state index contributed by atoms with van der Waals surface area (Å²) in [6.07, 6.45) is 3.01. The molecule has 1 aliphatic rings. The maximum absolute atomic E-state index is 12.4. The third-order valence-corrected chi connectivity index (χ3v) is 4.76. The van der Waals surface area contributed by atoms with E-state index in [1.807, 2.05) is 18.2 Å². The molecule has 140 valence electrons. The number of carbonyl (C=O) groups is 1. The van der Waals surface area contributed by atoms with E-state index < -0.39 is 0 Å². The largest absolute Gasteiger partial charge is 0.445 e. The summed E-state index contributed by atoms with van der Waals surface area (Å²) in [6.45, 7) is 1.09. The average molecular weight is 367 g/mol. The third-order valence-electron chi connectivity index (χ3n) is 4.76. The molecule has 0 bridgehead atoms. The minimum Gasteiger partial charge on any atom is -0.445 e. The number of aryl methyl sites for hydroxylation is 3. The molecule has 3 aromatic rings. The first-order valence-corrected chi connectivity index (χ1v) is 9.14. The van der Waals surface area contributed by atoms with Crippen molar-refractivity contribution in [3.8, 4) is 0 Å². The van der Waals surface area contributed by atoms with Crippen molar-refractivity contribution in [3.05, 3.63) is 75.4 Å². The lowest BCUT2D eigenvalue weighted by Gasteiger charge is -2.25. The van der Waals surface area contributed by atoms with Crippen molar-refractivity contribution in [2.75, 3.05) is 6.54 Å². The highest BCUT2D eigenvalue weighted by molar-refractivity contribution is 5.76. The number of aromatic amines is 1. The molecular weight excluding hydrogens is 346 g/mol. The molecule has 0 fully saturated rings.